The molecule has 132 valence electrons. The molecule has 2 aromatic rings. The first kappa shape index (κ1) is 20.8. The second-order valence-electron chi connectivity index (χ2n) is 4.92. The molecule has 0 spiro atoms. The second kappa shape index (κ2) is 9.45. The lowest BCUT2D eigenvalue weighted by molar-refractivity contribution is 0.0936. The fourth-order valence-electron chi connectivity index (χ4n) is 1.84. The minimum atomic E-state index is -0.789. The summed E-state index contributed by atoms with van der Waals surface area (Å²) in [4.78, 5) is 12.4. The van der Waals surface area contributed by atoms with Crippen LogP contribution in [0.1, 0.15) is 10.4 Å². The Morgan fingerprint density at radius 2 is 1.56 bits per heavy atom. The molecule has 25 heavy (non-hydrogen) atoms. The lowest BCUT2D eigenvalue weighted by atomic mass is 10.2. The summed E-state index contributed by atoms with van der Waals surface area (Å²) in [7, 11) is 0. The number of alkyl halides is 3. The largest absolute Gasteiger partial charge is 0.340 e. The SMILES string of the molecule is O=C(N[C@@H](NC(=S)Nc1ccc(Br)cc1)C(Br)(Br)Br)c1ccccc1. The van der Waals surface area contributed by atoms with Crippen molar-refractivity contribution in [3.05, 3.63) is 64.6 Å². The van der Waals surface area contributed by atoms with Crippen molar-refractivity contribution in [3.63, 3.8) is 0 Å². The van der Waals surface area contributed by atoms with Crippen molar-refractivity contribution in [1.29, 1.82) is 0 Å². The van der Waals surface area contributed by atoms with Crippen molar-refractivity contribution in [2.75, 3.05) is 5.32 Å². The van der Waals surface area contributed by atoms with E-state index in [2.05, 4.69) is 79.7 Å². The van der Waals surface area contributed by atoms with Crippen molar-refractivity contribution >= 4 is 92.6 Å². The Labute approximate surface area is 185 Å². The Balaban J connectivity index is 2.03. The number of carbonyl (C=O) groups excluding carboxylic acids is 1. The molecule has 2 aromatic carbocycles. The highest BCUT2D eigenvalue weighted by Crippen LogP contribution is 2.36. The van der Waals surface area contributed by atoms with Gasteiger partial charge in [-0.15, -0.1) is 0 Å². The maximum atomic E-state index is 12.4. The van der Waals surface area contributed by atoms with Gasteiger partial charge in [-0.05, 0) is 48.6 Å². The van der Waals surface area contributed by atoms with E-state index in [1.165, 1.54) is 0 Å². The van der Waals surface area contributed by atoms with Crippen LogP contribution in [0.2, 0.25) is 0 Å². The van der Waals surface area contributed by atoms with E-state index in [1.807, 2.05) is 30.3 Å². The fraction of sp³-hybridized carbons (Fsp3) is 0.125. The minimum Gasteiger partial charge on any atom is -0.340 e. The molecule has 0 saturated carbocycles. The van der Waals surface area contributed by atoms with E-state index in [0.29, 0.717) is 10.7 Å². The number of benzene rings is 2. The zero-order chi connectivity index (χ0) is 18.4. The van der Waals surface area contributed by atoms with Gasteiger partial charge in [0, 0.05) is 15.7 Å². The molecule has 0 radical (unpaired) electrons. The van der Waals surface area contributed by atoms with E-state index in [0.717, 1.165) is 10.2 Å². The van der Waals surface area contributed by atoms with Gasteiger partial charge in [-0.1, -0.05) is 81.9 Å². The topological polar surface area (TPSA) is 53.2 Å². The van der Waals surface area contributed by atoms with E-state index in [1.54, 1.807) is 24.3 Å². The summed E-state index contributed by atoms with van der Waals surface area (Å²) in [6, 6.07) is 16.5. The molecule has 9 heteroatoms. The van der Waals surface area contributed by atoms with E-state index in [4.69, 9.17) is 12.2 Å². The van der Waals surface area contributed by atoms with Crippen LogP contribution in [-0.4, -0.2) is 19.3 Å². The summed E-state index contributed by atoms with van der Waals surface area (Å²) in [5, 5.41) is 9.36. The molecule has 1 atom stereocenters. The molecule has 3 N–H and O–H groups in total. The number of rotatable bonds is 4. The summed E-state index contributed by atoms with van der Waals surface area (Å²) in [5.74, 6) is -0.229. The molecular formula is C16H13Br4N3OS. The van der Waals surface area contributed by atoms with Crippen LogP contribution < -0.4 is 16.0 Å². The number of carbonyl (C=O) groups is 1. The molecule has 0 aliphatic carbocycles. The average molecular weight is 615 g/mol. The zero-order valence-electron chi connectivity index (χ0n) is 12.6. The summed E-state index contributed by atoms with van der Waals surface area (Å²) < 4.78 is 0.188. The van der Waals surface area contributed by atoms with Gasteiger partial charge in [0.15, 0.2) is 7.26 Å². The predicted molar refractivity (Wildman–Crippen MR) is 121 cm³/mol. The van der Waals surface area contributed by atoms with Gasteiger partial charge in [-0.2, -0.15) is 0 Å². The summed E-state index contributed by atoms with van der Waals surface area (Å²) in [6.07, 6.45) is -0.573. The molecular weight excluding hydrogens is 602 g/mol. The third-order valence-electron chi connectivity index (χ3n) is 3.02. The van der Waals surface area contributed by atoms with Crippen LogP contribution in [0.25, 0.3) is 0 Å². The lowest BCUT2D eigenvalue weighted by Crippen LogP contribution is -2.55. The van der Waals surface area contributed by atoms with E-state index in [-0.39, 0.29) is 5.91 Å². The van der Waals surface area contributed by atoms with Gasteiger partial charge >= 0.3 is 0 Å². The number of halogens is 4. The van der Waals surface area contributed by atoms with E-state index in [9.17, 15) is 4.79 Å². The normalized spacial score (nSPS) is 12.2. The molecule has 4 nitrogen and oxygen atoms in total. The van der Waals surface area contributed by atoms with Crippen molar-refractivity contribution in [1.82, 2.24) is 10.6 Å². The Kier molecular flexibility index (Phi) is 7.88. The zero-order valence-corrected chi connectivity index (χ0v) is 19.8. The molecule has 0 aliphatic heterocycles. The highest BCUT2D eigenvalue weighted by atomic mass is 80.0. The van der Waals surface area contributed by atoms with E-state index < -0.39 is 8.31 Å². The Bertz CT molecular complexity index is 735. The molecule has 0 fully saturated rings. The first-order chi connectivity index (χ1) is 11.8. The quantitative estimate of drug-likeness (QED) is 0.248. The van der Waals surface area contributed by atoms with Crippen molar-refractivity contribution in [3.8, 4) is 0 Å². The maximum Gasteiger partial charge on any atom is 0.252 e. The highest BCUT2D eigenvalue weighted by molar-refractivity contribution is 9.39. The van der Waals surface area contributed by atoms with Crippen LogP contribution in [0.4, 0.5) is 5.69 Å². The molecule has 2 rings (SSSR count). The minimum absolute atomic E-state index is 0.229. The van der Waals surface area contributed by atoms with Gasteiger partial charge in [0.05, 0.1) is 0 Å². The molecule has 0 aliphatic rings. The molecule has 0 aromatic heterocycles. The number of hydrogen-bond acceptors (Lipinski definition) is 2. The molecule has 1 amide bonds. The Hall–Kier alpha value is -0.480. The molecule has 0 heterocycles. The van der Waals surface area contributed by atoms with E-state index >= 15 is 0 Å². The van der Waals surface area contributed by atoms with Crippen LogP contribution in [-0.2, 0) is 0 Å². The third kappa shape index (κ3) is 6.97. The second-order valence-corrected chi connectivity index (χ2v) is 13.2. The molecule has 0 saturated heterocycles. The van der Waals surface area contributed by atoms with Gasteiger partial charge in [-0.3, -0.25) is 4.79 Å². The Morgan fingerprint density at radius 1 is 0.960 bits per heavy atom. The number of nitrogens with one attached hydrogen (secondary N) is 3. The van der Waals surface area contributed by atoms with Gasteiger partial charge in [0.1, 0.15) is 6.17 Å². The van der Waals surface area contributed by atoms with Crippen molar-refractivity contribution in [2.45, 2.75) is 8.31 Å². The smallest absolute Gasteiger partial charge is 0.252 e. The van der Waals surface area contributed by atoms with Crippen LogP contribution in [0.15, 0.2) is 59.1 Å². The highest BCUT2D eigenvalue weighted by Gasteiger charge is 2.33. The number of amides is 1. The van der Waals surface area contributed by atoms with Crippen molar-refractivity contribution < 1.29 is 4.79 Å². The average Bonchev–Trinajstić information content (AvgIpc) is 2.56. The van der Waals surface area contributed by atoms with Crippen LogP contribution in [0.5, 0.6) is 0 Å². The van der Waals surface area contributed by atoms with Crippen LogP contribution in [0.3, 0.4) is 0 Å². The number of hydrogen-bond donors (Lipinski definition) is 3. The first-order valence-corrected chi connectivity index (χ1v) is 10.6. The lowest BCUT2D eigenvalue weighted by Gasteiger charge is -2.28. The van der Waals surface area contributed by atoms with Gasteiger partial charge in [-0.25, -0.2) is 0 Å². The van der Waals surface area contributed by atoms with Gasteiger partial charge in [0.25, 0.3) is 5.91 Å². The third-order valence-corrected chi connectivity index (χ3v) is 5.14. The molecule has 0 unspecified atom stereocenters. The number of thiocarbonyl (C=S) groups is 1. The van der Waals surface area contributed by atoms with Gasteiger partial charge in [0.2, 0.25) is 0 Å². The summed E-state index contributed by atoms with van der Waals surface area (Å²) in [6.45, 7) is 0. The maximum absolute atomic E-state index is 12.4. The van der Waals surface area contributed by atoms with Crippen LogP contribution in [0, 0.1) is 0 Å². The predicted octanol–water partition coefficient (Wildman–Crippen LogP) is 5.33. The summed E-state index contributed by atoms with van der Waals surface area (Å²) in [5.41, 5.74) is 1.39. The Morgan fingerprint density at radius 3 is 2.12 bits per heavy atom. The number of anilines is 1. The standard InChI is InChI=1S/C16H13Br4N3OS/c17-11-6-8-12(9-7-11)21-15(25)23-14(16(18,19)20)22-13(24)10-4-2-1-3-5-10/h1-9,14H,(H,22,24)(H2,21,23,25)/t14-/m0/s1. The van der Waals surface area contributed by atoms with Gasteiger partial charge < -0.3 is 16.0 Å². The summed E-state index contributed by atoms with van der Waals surface area (Å²) >= 11 is 19.0. The first-order valence-electron chi connectivity index (χ1n) is 7.01. The monoisotopic (exact) mass is 611 g/mol. The van der Waals surface area contributed by atoms with Crippen LogP contribution >= 0.6 is 75.9 Å². The molecule has 0 bridgehead atoms. The fourth-order valence-corrected chi connectivity index (χ4v) is 3.02. The van der Waals surface area contributed by atoms with Crippen molar-refractivity contribution in [2.24, 2.45) is 0 Å².